The van der Waals surface area contributed by atoms with Crippen molar-refractivity contribution in [3.63, 3.8) is 0 Å². The van der Waals surface area contributed by atoms with Gasteiger partial charge in [0.1, 0.15) is 6.04 Å². The van der Waals surface area contributed by atoms with Crippen LogP contribution >= 0.6 is 15.9 Å². The van der Waals surface area contributed by atoms with Crippen LogP contribution < -0.4 is 10.6 Å². The lowest BCUT2D eigenvalue weighted by Crippen LogP contribution is -2.61. The van der Waals surface area contributed by atoms with E-state index in [1.54, 1.807) is 4.90 Å². The number of carbonyl (C=O) groups excluding carboxylic acids is 1. The number of β-lactam (4-membered cyclic amide) rings is 1. The van der Waals surface area contributed by atoms with Crippen molar-refractivity contribution in [3.8, 4) is 0 Å². The second-order valence-electron chi connectivity index (χ2n) is 3.03. The second kappa shape index (κ2) is 3.12. The molecule has 0 aliphatic carbocycles. The fourth-order valence-electron chi connectivity index (χ4n) is 1.31. The summed E-state index contributed by atoms with van der Waals surface area (Å²) in [7, 11) is 0. The van der Waals surface area contributed by atoms with E-state index in [1.165, 1.54) is 0 Å². The van der Waals surface area contributed by atoms with E-state index in [9.17, 15) is 4.79 Å². The van der Waals surface area contributed by atoms with Crippen molar-refractivity contribution in [2.75, 3.05) is 11.4 Å². The molecule has 1 aromatic carbocycles. The van der Waals surface area contributed by atoms with Crippen molar-refractivity contribution >= 4 is 27.5 Å². The second-order valence-corrected chi connectivity index (χ2v) is 3.95. The van der Waals surface area contributed by atoms with Crippen LogP contribution in [0.25, 0.3) is 0 Å². The number of hydrogen-bond donors (Lipinski definition) is 1. The Hall–Kier alpha value is -0.870. The van der Waals surface area contributed by atoms with Crippen molar-refractivity contribution < 1.29 is 4.79 Å². The Morgan fingerprint density at radius 2 is 2.00 bits per heavy atom. The predicted octanol–water partition coefficient (Wildman–Crippen LogP) is 1.12. The molecule has 0 saturated carbocycles. The molecule has 0 spiro atoms. The van der Waals surface area contributed by atoms with E-state index >= 15 is 0 Å². The van der Waals surface area contributed by atoms with Gasteiger partial charge in [-0.3, -0.25) is 4.79 Å². The molecule has 1 amide bonds. The summed E-state index contributed by atoms with van der Waals surface area (Å²) in [5.41, 5.74) is 6.39. The van der Waals surface area contributed by atoms with Crippen molar-refractivity contribution in [1.82, 2.24) is 0 Å². The number of anilines is 1. The average molecular weight is 241 g/mol. The van der Waals surface area contributed by atoms with E-state index < -0.39 is 0 Å². The summed E-state index contributed by atoms with van der Waals surface area (Å²) in [4.78, 5) is 12.9. The minimum atomic E-state index is -0.302. The molecule has 1 aliphatic rings. The Morgan fingerprint density at radius 1 is 1.38 bits per heavy atom. The fourth-order valence-corrected chi connectivity index (χ4v) is 1.57. The number of rotatable bonds is 1. The number of nitrogens with zero attached hydrogens (tertiary/aromatic N) is 1. The van der Waals surface area contributed by atoms with Crippen LogP contribution in [-0.4, -0.2) is 18.5 Å². The lowest BCUT2D eigenvalue weighted by Gasteiger charge is -2.36. The van der Waals surface area contributed by atoms with Crippen LogP contribution in [-0.2, 0) is 4.79 Å². The molecule has 13 heavy (non-hydrogen) atoms. The van der Waals surface area contributed by atoms with E-state index in [0.717, 1.165) is 10.2 Å². The van der Waals surface area contributed by atoms with Gasteiger partial charge in [-0.2, -0.15) is 0 Å². The molecular weight excluding hydrogens is 232 g/mol. The summed E-state index contributed by atoms with van der Waals surface area (Å²) in [5, 5.41) is 0. The molecule has 1 unspecified atom stereocenters. The van der Waals surface area contributed by atoms with Gasteiger partial charge in [-0.1, -0.05) is 15.9 Å². The molecule has 2 N–H and O–H groups in total. The predicted molar refractivity (Wildman–Crippen MR) is 54.5 cm³/mol. The number of amides is 1. The summed E-state index contributed by atoms with van der Waals surface area (Å²) >= 11 is 3.33. The van der Waals surface area contributed by atoms with Crippen LogP contribution in [0.4, 0.5) is 5.69 Å². The Balaban J connectivity index is 2.19. The zero-order chi connectivity index (χ0) is 9.42. The molecule has 1 heterocycles. The lowest BCUT2D eigenvalue weighted by atomic mass is 10.1. The third kappa shape index (κ3) is 1.47. The number of benzene rings is 1. The van der Waals surface area contributed by atoms with Crippen molar-refractivity contribution in [1.29, 1.82) is 0 Å². The summed E-state index contributed by atoms with van der Waals surface area (Å²) in [5.74, 6) is 0.00215. The zero-order valence-corrected chi connectivity index (χ0v) is 8.49. The normalized spacial score (nSPS) is 21.5. The highest BCUT2D eigenvalue weighted by molar-refractivity contribution is 9.10. The van der Waals surface area contributed by atoms with Crippen molar-refractivity contribution in [3.05, 3.63) is 28.7 Å². The molecule has 1 aromatic rings. The van der Waals surface area contributed by atoms with E-state index in [2.05, 4.69) is 15.9 Å². The molecule has 1 saturated heterocycles. The van der Waals surface area contributed by atoms with Gasteiger partial charge in [0.25, 0.3) is 0 Å². The Kier molecular flexibility index (Phi) is 2.09. The molecule has 4 heteroatoms. The van der Waals surface area contributed by atoms with Crippen LogP contribution in [0, 0.1) is 0 Å². The number of halogens is 1. The molecule has 1 fully saturated rings. The van der Waals surface area contributed by atoms with Gasteiger partial charge in [0.15, 0.2) is 0 Å². The maximum absolute atomic E-state index is 11.2. The van der Waals surface area contributed by atoms with Gasteiger partial charge in [-0.25, -0.2) is 0 Å². The van der Waals surface area contributed by atoms with Crippen molar-refractivity contribution in [2.24, 2.45) is 5.73 Å². The third-order valence-corrected chi connectivity index (χ3v) is 2.63. The fraction of sp³-hybridized carbons (Fsp3) is 0.222. The zero-order valence-electron chi connectivity index (χ0n) is 6.90. The maximum Gasteiger partial charge on any atom is 0.245 e. The Bertz CT molecular complexity index is 336. The average Bonchev–Trinajstić information content (AvgIpc) is 2.15. The highest BCUT2D eigenvalue weighted by Gasteiger charge is 2.34. The molecule has 0 bridgehead atoms. The van der Waals surface area contributed by atoms with E-state index in [1.807, 2.05) is 24.3 Å². The molecule has 68 valence electrons. The van der Waals surface area contributed by atoms with Crippen LogP contribution in [0.1, 0.15) is 0 Å². The van der Waals surface area contributed by atoms with Gasteiger partial charge >= 0.3 is 0 Å². The monoisotopic (exact) mass is 240 g/mol. The summed E-state index contributed by atoms with van der Waals surface area (Å²) in [6.45, 7) is 0.625. The van der Waals surface area contributed by atoms with E-state index in [-0.39, 0.29) is 11.9 Å². The van der Waals surface area contributed by atoms with Crippen LogP contribution in [0.2, 0.25) is 0 Å². The van der Waals surface area contributed by atoms with Crippen molar-refractivity contribution in [2.45, 2.75) is 6.04 Å². The van der Waals surface area contributed by atoms with Crippen LogP contribution in [0.5, 0.6) is 0 Å². The van der Waals surface area contributed by atoms with E-state index in [4.69, 9.17) is 5.73 Å². The first-order chi connectivity index (χ1) is 6.18. The summed E-state index contributed by atoms with van der Waals surface area (Å²) in [6.07, 6.45) is 0. The third-order valence-electron chi connectivity index (χ3n) is 2.10. The molecule has 3 nitrogen and oxygen atoms in total. The number of carbonyl (C=O) groups is 1. The Labute approximate surface area is 84.6 Å². The topological polar surface area (TPSA) is 46.3 Å². The molecule has 1 atom stereocenters. The highest BCUT2D eigenvalue weighted by Crippen LogP contribution is 2.22. The SMILES string of the molecule is NC1CN(c2ccc(Br)cc2)C1=O. The summed E-state index contributed by atoms with van der Waals surface area (Å²) < 4.78 is 1.01. The minimum absolute atomic E-state index is 0.00215. The first-order valence-corrected chi connectivity index (χ1v) is 4.80. The smallest absolute Gasteiger partial charge is 0.245 e. The van der Waals surface area contributed by atoms with Gasteiger partial charge in [0, 0.05) is 10.2 Å². The van der Waals surface area contributed by atoms with Crippen LogP contribution in [0.3, 0.4) is 0 Å². The molecule has 0 radical (unpaired) electrons. The highest BCUT2D eigenvalue weighted by atomic mass is 79.9. The first kappa shape index (κ1) is 8.72. The molecular formula is C9H9BrN2O. The van der Waals surface area contributed by atoms with Gasteiger partial charge in [-0.05, 0) is 24.3 Å². The standard InChI is InChI=1S/C9H9BrN2O/c10-6-1-3-7(4-2-6)12-5-8(11)9(12)13/h1-4,8H,5,11H2. The molecule has 2 rings (SSSR count). The Morgan fingerprint density at radius 3 is 2.46 bits per heavy atom. The minimum Gasteiger partial charge on any atom is -0.318 e. The summed E-state index contributed by atoms with van der Waals surface area (Å²) in [6, 6.07) is 7.31. The van der Waals surface area contributed by atoms with Gasteiger partial charge < -0.3 is 10.6 Å². The number of hydrogen-bond acceptors (Lipinski definition) is 2. The van der Waals surface area contributed by atoms with Gasteiger partial charge in [-0.15, -0.1) is 0 Å². The number of nitrogens with two attached hydrogens (primary N) is 1. The van der Waals surface area contributed by atoms with Gasteiger partial charge in [0.05, 0.1) is 6.54 Å². The van der Waals surface area contributed by atoms with Gasteiger partial charge in [0.2, 0.25) is 5.91 Å². The largest absolute Gasteiger partial charge is 0.318 e. The maximum atomic E-state index is 11.2. The van der Waals surface area contributed by atoms with E-state index in [0.29, 0.717) is 6.54 Å². The first-order valence-electron chi connectivity index (χ1n) is 4.01. The van der Waals surface area contributed by atoms with Crippen LogP contribution in [0.15, 0.2) is 28.7 Å². The molecule has 0 aromatic heterocycles. The quantitative estimate of drug-likeness (QED) is 0.749. The molecule has 1 aliphatic heterocycles. The lowest BCUT2D eigenvalue weighted by molar-refractivity contribution is -0.123.